The van der Waals surface area contributed by atoms with Gasteiger partial charge in [0.05, 0.1) is 26.2 Å². The second-order valence-corrected chi connectivity index (χ2v) is 4.80. The predicted octanol–water partition coefficient (Wildman–Crippen LogP) is 2.89. The van der Waals surface area contributed by atoms with Crippen molar-refractivity contribution in [3.63, 3.8) is 0 Å². The third kappa shape index (κ3) is 4.39. The van der Waals surface area contributed by atoms with E-state index < -0.39 is 0 Å². The van der Waals surface area contributed by atoms with Gasteiger partial charge in [-0.1, -0.05) is 13.8 Å². The van der Waals surface area contributed by atoms with E-state index in [-0.39, 0.29) is 23.9 Å². The van der Waals surface area contributed by atoms with E-state index in [2.05, 4.69) is 0 Å². The largest absolute Gasteiger partial charge is 0.497 e. The summed E-state index contributed by atoms with van der Waals surface area (Å²) in [7, 11) is 3.02. The molecule has 0 aliphatic rings. The van der Waals surface area contributed by atoms with Crippen molar-refractivity contribution in [2.75, 3.05) is 14.2 Å². The number of rotatable bonds is 7. The average Bonchev–Trinajstić information content (AvgIpc) is 2.36. The number of methoxy groups -OCH3 is 2. The van der Waals surface area contributed by atoms with Crippen molar-refractivity contribution < 1.29 is 19.1 Å². The van der Waals surface area contributed by atoms with Crippen LogP contribution in [0.25, 0.3) is 0 Å². The van der Waals surface area contributed by atoms with Gasteiger partial charge in [-0.3, -0.25) is 9.59 Å². The van der Waals surface area contributed by atoms with Crippen LogP contribution in [0.1, 0.15) is 37.0 Å². The number of carbonyl (C=O) groups is 2. The molecule has 0 aliphatic carbocycles. The van der Waals surface area contributed by atoms with Crippen molar-refractivity contribution in [1.29, 1.82) is 0 Å². The van der Waals surface area contributed by atoms with E-state index in [4.69, 9.17) is 9.47 Å². The van der Waals surface area contributed by atoms with Crippen LogP contribution >= 0.6 is 0 Å². The molecule has 0 aliphatic heterocycles. The normalized spacial score (nSPS) is 10.4. The minimum atomic E-state index is -0.235. The maximum atomic E-state index is 12.1. The van der Waals surface area contributed by atoms with E-state index in [1.54, 1.807) is 18.2 Å². The summed E-state index contributed by atoms with van der Waals surface area (Å²) in [5.74, 6) is 1.00. The fourth-order valence-corrected chi connectivity index (χ4v) is 1.83. The summed E-state index contributed by atoms with van der Waals surface area (Å²) in [4.78, 5) is 23.8. The van der Waals surface area contributed by atoms with Crippen molar-refractivity contribution in [2.45, 2.75) is 26.7 Å². The zero-order chi connectivity index (χ0) is 14.4. The van der Waals surface area contributed by atoms with Gasteiger partial charge in [0.1, 0.15) is 17.3 Å². The molecular formula is C15H20O4. The predicted molar refractivity (Wildman–Crippen MR) is 73.0 cm³/mol. The Morgan fingerprint density at radius 1 is 1.16 bits per heavy atom. The van der Waals surface area contributed by atoms with Crippen LogP contribution in [0, 0.1) is 5.92 Å². The Kier molecular flexibility index (Phi) is 5.55. The molecule has 0 aromatic heterocycles. The number of Topliss-reactive ketones (excluding diaryl/α,β-unsaturated/α-hetero) is 2. The Morgan fingerprint density at radius 2 is 1.84 bits per heavy atom. The number of hydrogen-bond donors (Lipinski definition) is 0. The molecule has 1 aromatic carbocycles. The molecule has 0 radical (unpaired) electrons. The summed E-state index contributed by atoms with van der Waals surface area (Å²) in [5.41, 5.74) is 0.388. The zero-order valence-electron chi connectivity index (χ0n) is 11.9. The van der Waals surface area contributed by atoms with E-state index in [0.717, 1.165) is 0 Å². The molecule has 0 saturated heterocycles. The van der Waals surface area contributed by atoms with Crippen molar-refractivity contribution in [1.82, 2.24) is 0 Å². The van der Waals surface area contributed by atoms with E-state index in [9.17, 15) is 9.59 Å². The molecular weight excluding hydrogens is 244 g/mol. The highest BCUT2D eigenvalue weighted by molar-refractivity contribution is 6.09. The van der Waals surface area contributed by atoms with Gasteiger partial charge in [-0.05, 0) is 24.1 Å². The van der Waals surface area contributed by atoms with Crippen LogP contribution in [-0.4, -0.2) is 25.8 Å². The second kappa shape index (κ2) is 6.92. The number of hydrogen-bond acceptors (Lipinski definition) is 4. The van der Waals surface area contributed by atoms with Crippen LogP contribution in [0.4, 0.5) is 0 Å². The summed E-state index contributed by atoms with van der Waals surface area (Å²) in [5, 5.41) is 0. The van der Waals surface area contributed by atoms with Gasteiger partial charge in [0, 0.05) is 6.42 Å². The Labute approximate surface area is 113 Å². The van der Waals surface area contributed by atoms with E-state index >= 15 is 0 Å². The molecule has 0 heterocycles. The number of ketones is 2. The molecule has 0 unspecified atom stereocenters. The molecule has 0 bridgehead atoms. The number of carbonyl (C=O) groups excluding carboxylic acids is 2. The van der Waals surface area contributed by atoms with Crippen LogP contribution in [0.3, 0.4) is 0 Å². The highest BCUT2D eigenvalue weighted by Crippen LogP contribution is 2.25. The van der Waals surface area contributed by atoms with Gasteiger partial charge in [0.25, 0.3) is 0 Å². The summed E-state index contributed by atoms with van der Waals surface area (Å²) in [6.45, 7) is 3.91. The second-order valence-electron chi connectivity index (χ2n) is 4.80. The first-order valence-electron chi connectivity index (χ1n) is 6.24. The standard InChI is InChI=1S/C15H20O4/c1-10(2)7-11(16)8-14(17)13-9-12(18-3)5-6-15(13)19-4/h5-6,9-10H,7-8H2,1-4H3. The molecule has 104 valence electrons. The zero-order valence-corrected chi connectivity index (χ0v) is 11.9. The van der Waals surface area contributed by atoms with Crippen LogP contribution in [0.2, 0.25) is 0 Å². The number of ether oxygens (including phenoxy) is 2. The van der Waals surface area contributed by atoms with E-state index in [1.165, 1.54) is 14.2 Å². The lowest BCUT2D eigenvalue weighted by Crippen LogP contribution is -2.11. The van der Waals surface area contributed by atoms with Crippen LogP contribution in [0.5, 0.6) is 11.5 Å². The maximum absolute atomic E-state index is 12.1. The molecule has 0 saturated carbocycles. The van der Waals surface area contributed by atoms with Crippen molar-refractivity contribution in [3.8, 4) is 11.5 Å². The van der Waals surface area contributed by atoms with E-state index in [1.807, 2.05) is 13.8 Å². The lowest BCUT2D eigenvalue weighted by molar-refractivity contribution is -0.118. The summed E-state index contributed by atoms with van der Waals surface area (Å²) >= 11 is 0. The molecule has 0 N–H and O–H groups in total. The first kappa shape index (κ1) is 15.2. The van der Waals surface area contributed by atoms with Gasteiger partial charge in [-0.15, -0.1) is 0 Å². The molecule has 0 fully saturated rings. The Morgan fingerprint density at radius 3 is 2.37 bits per heavy atom. The topological polar surface area (TPSA) is 52.6 Å². The first-order valence-corrected chi connectivity index (χ1v) is 6.24. The van der Waals surface area contributed by atoms with Gasteiger partial charge in [-0.25, -0.2) is 0 Å². The van der Waals surface area contributed by atoms with Crippen molar-refractivity contribution in [3.05, 3.63) is 23.8 Å². The fraction of sp³-hybridized carbons (Fsp3) is 0.467. The highest BCUT2D eigenvalue weighted by atomic mass is 16.5. The van der Waals surface area contributed by atoms with Gasteiger partial charge in [0.2, 0.25) is 0 Å². The average molecular weight is 264 g/mol. The van der Waals surface area contributed by atoms with Gasteiger partial charge >= 0.3 is 0 Å². The molecule has 19 heavy (non-hydrogen) atoms. The third-order valence-corrected chi connectivity index (χ3v) is 2.70. The summed E-state index contributed by atoms with van der Waals surface area (Å²) in [6, 6.07) is 4.98. The Hall–Kier alpha value is -1.84. The molecule has 0 amide bonds. The highest BCUT2D eigenvalue weighted by Gasteiger charge is 2.17. The summed E-state index contributed by atoms with van der Waals surface area (Å²) in [6.07, 6.45) is 0.319. The fourth-order valence-electron chi connectivity index (χ4n) is 1.83. The van der Waals surface area contributed by atoms with Crippen LogP contribution in [0.15, 0.2) is 18.2 Å². The van der Waals surface area contributed by atoms with Gasteiger partial charge < -0.3 is 9.47 Å². The molecule has 0 spiro atoms. The monoisotopic (exact) mass is 264 g/mol. The molecule has 1 aromatic rings. The molecule has 4 heteroatoms. The first-order chi connectivity index (χ1) is 8.97. The van der Waals surface area contributed by atoms with E-state index in [0.29, 0.717) is 23.5 Å². The minimum absolute atomic E-state index is 0.0510. The third-order valence-electron chi connectivity index (χ3n) is 2.70. The maximum Gasteiger partial charge on any atom is 0.174 e. The Bertz CT molecular complexity index is 463. The van der Waals surface area contributed by atoms with Crippen molar-refractivity contribution >= 4 is 11.6 Å². The lowest BCUT2D eigenvalue weighted by Gasteiger charge is -2.09. The van der Waals surface area contributed by atoms with Crippen molar-refractivity contribution in [2.24, 2.45) is 5.92 Å². The van der Waals surface area contributed by atoms with Gasteiger partial charge in [-0.2, -0.15) is 0 Å². The molecule has 1 rings (SSSR count). The quantitative estimate of drug-likeness (QED) is 0.561. The van der Waals surface area contributed by atoms with Crippen LogP contribution in [-0.2, 0) is 4.79 Å². The summed E-state index contributed by atoms with van der Waals surface area (Å²) < 4.78 is 10.2. The molecule has 4 nitrogen and oxygen atoms in total. The molecule has 0 atom stereocenters. The van der Waals surface area contributed by atoms with Crippen LogP contribution < -0.4 is 9.47 Å². The lowest BCUT2D eigenvalue weighted by atomic mass is 9.99. The number of benzene rings is 1. The van der Waals surface area contributed by atoms with Gasteiger partial charge in [0.15, 0.2) is 5.78 Å². The minimum Gasteiger partial charge on any atom is -0.497 e. The SMILES string of the molecule is COc1ccc(OC)c(C(=O)CC(=O)CC(C)C)c1. The smallest absolute Gasteiger partial charge is 0.174 e. The Balaban J connectivity index is 2.88.